The van der Waals surface area contributed by atoms with E-state index in [-0.39, 0.29) is 5.91 Å². The van der Waals surface area contributed by atoms with Crippen LogP contribution in [0.25, 0.3) is 11.4 Å². The fourth-order valence-electron chi connectivity index (χ4n) is 3.06. The Hall–Kier alpha value is -2.97. The fourth-order valence-corrected chi connectivity index (χ4v) is 4.75. The Kier molecular flexibility index (Phi) is 6.48. The summed E-state index contributed by atoms with van der Waals surface area (Å²) in [6.45, 7) is 5.73. The van der Waals surface area contributed by atoms with Crippen molar-refractivity contribution < 1.29 is 4.79 Å². The number of aromatic nitrogens is 4. The Labute approximate surface area is 189 Å². The third-order valence-corrected chi connectivity index (χ3v) is 6.54. The standard InChI is InChI=1S/C23H23N5OS2/c1-4-17-7-11-20(12-8-17)28(16(3)29)23-24-19(14-31-23)13-30-22-25-21(26-27-22)18-9-5-15(2)6-10-18/h5-12,14H,4,13H2,1-3H3,(H,25,26,27). The van der Waals surface area contributed by atoms with E-state index in [9.17, 15) is 4.79 Å². The molecular weight excluding hydrogens is 426 g/mol. The largest absolute Gasteiger partial charge is 0.274 e. The molecule has 0 unspecified atom stereocenters. The quantitative estimate of drug-likeness (QED) is 0.362. The first-order chi connectivity index (χ1) is 15.0. The number of H-pyrrole nitrogens is 1. The van der Waals surface area contributed by atoms with E-state index < -0.39 is 0 Å². The van der Waals surface area contributed by atoms with Crippen LogP contribution >= 0.6 is 23.1 Å². The molecule has 0 saturated carbocycles. The maximum absolute atomic E-state index is 12.3. The van der Waals surface area contributed by atoms with Crippen LogP contribution in [0.15, 0.2) is 59.1 Å². The highest BCUT2D eigenvalue weighted by molar-refractivity contribution is 7.98. The van der Waals surface area contributed by atoms with Crippen LogP contribution in [0.2, 0.25) is 0 Å². The number of aromatic amines is 1. The highest BCUT2D eigenvalue weighted by atomic mass is 32.2. The lowest BCUT2D eigenvalue weighted by Gasteiger charge is -2.18. The number of benzene rings is 2. The van der Waals surface area contributed by atoms with E-state index in [0.717, 1.165) is 29.2 Å². The first-order valence-electron chi connectivity index (χ1n) is 9.99. The van der Waals surface area contributed by atoms with Gasteiger partial charge in [-0.1, -0.05) is 60.6 Å². The average molecular weight is 450 g/mol. The van der Waals surface area contributed by atoms with Gasteiger partial charge in [-0.25, -0.2) is 9.97 Å². The highest BCUT2D eigenvalue weighted by Gasteiger charge is 2.18. The van der Waals surface area contributed by atoms with Gasteiger partial charge in [0.25, 0.3) is 0 Å². The minimum atomic E-state index is -0.0606. The van der Waals surface area contributed by atoms with Crippen molar-refractivity contribution in [3.8, 4) is 11.4 Å². The molecule has 0 aliphatic carbocycles. The van der Waals surface area contributed by atoms with Gasteiger partial charge < -0.3 is 0 Å². The third-order valence-electron chi connectivity index (χ3n) is 4.79. The molecule has 2 heterocycles. The molecule has 0 aliphatic heterocycles. The maximum Gasteiger partial charge on any atom is 0.230 e. The number of hydrogen-bond donors (Lipinski definition) is 1. The zero-order valence-electron chi connectivity index (χ0n) is 17.6. The predicted octanol–water partition coefficient (Wildman–Crippen LogP) is 5.78. The highest BCUT2D eigenvalue weighted by Crippen LogP contribution is 2.31. The van der Waals surface area contributed by atoms with Gasteiger partial charge in [-0.2, -0.15) is 0 Å². The Balaban J connectivity index is 1.44. The van der Waals surface area contributed by atoms with Crippen molar-refractivity contribution in [2.24, 2.45) is 0 Å². The summed E-state index contributed by atoms with van der Waals surface area (Å²) >= 11 is 2.97. The van der Waals surface area contributed by atoms with Crippen LogP contribution in [-0.4, -0.2) is 26.1 Å². The number of thiazole rings is 1. The van der Waals surface area contributed by atoms with Gasteiger partial charge in [0.05, 0.1) is 11.4 Å². The van der Waals surface area contributed by atoms with Crippen LogP contribution in [-0.2, 0) is 17.0 Å². The number of nitrogens with one attached hydrogen (secondary N) is 1. The number of carbonyl (C=O) groups excluding carboxylic acids is 1. The molecule has 0 atom stereocenters. The number of anilines is 2. The summed E-state index contributed by atoms with van der Waals surface area (Å²) in [4.78, 5) is 23.2. The molecule has 1 N–H and O–H groups in total. The van der Waals surface area contributed by atoms with Crippen molar-refractivity contribution in [2.45, 2.75) is 38.1 Å². The topological polar surface area (TPSA) is 74.8 Å². The van der Waals surface area contributed by atoms with E-state index in [1.165, 1.54) is 34.2 Å². The summed E-state index contributed by atoms with van der Waals surface area (Å²) in [5, 5.41) is 10.6. The minimum absolute atomic E-state index is 0.0606. The van der Waals surface area contributed by atoms with Crippen molar-refractivity contribution in [2.75, 3.05) is 4.90 Å². The van der Waals surface area contributed by atoms with E-state index in [1.807, 2.05) is 41.8 Å². The fraction of sp³-hybridized carbons (Fsp3) is 0.217. The Morgan fingerprint density at radius 3 is 2.52 bits per heavy atom. The zero-order chi connectivity index (χ0) is 21.8. The van der Waals surface area contributed by atoms with Crippen LogP contribution in [0, 0.1) is 6.92 Å². The number of rotatable bonds is 7. The molecular formula is C23H23N5OS2. The monoisotopic (exact) mass is 449 g/mol. The smallest absolute Gasteiger partial charge is 0.230 e. The van der Waals surface area contributed by atoms with E-state index in [2.05, 4.69) is 46.1 Å². The molecule has 2 aromatic carbocycles. The number of carbonyl (C=O) groups is 1. The second-order valence-corrected chi connectivity index (χ2v) is 8.90. The normalized spacial score (nSPS) is 10.9. The van der Waals surface area contributed by atoms with E-state index >= 15 is 0 Å². The van der Waals surface area contributed by atoms with Gasteiger partial charge in [0, 0.05) is 23.6 Å². The molecule has 0 spiro atoms. The van der Waals surface area contributed by atoms with Crippen molar-refractivity contribution in [1.82, 2.24) is 20.2 Å². The van der Waals surface area contributed by atoms with Crippen molar-refractivity contribution in [1.29, 1.82) is 0 Å². The second kappa shape index (κ2) is 9.45. The summed E-state index contributed by atoms with van der Waals surface area (Å²) in [6.07, 6.45) is 0.964. The predicted molar refractivity (Wildman–Crippen MR) is 127 cm³/mol. The molecule has 8 heteroatoms. The van der Waals surface area contributed by atoms with Gasteiger partial charge in [0.15, 0.2) is 11.0 Å². The molecule has 6 nitrogen and oxygen atoms in total. The van der Waals surface area contributed by atoms with Gasteiger partial charge in [-0.15, -0.1) is 16.4 Å². The molecule has 0 radical (unpaired) electrons. The molecule has 4 aromatic rings. The number of hydrogen-bond acceptors (Lipinski definition) is 6. The van der Waals surface area contributed by atoms with Gasteiger partial charge in [-0.05, 0) is 31.0 Å². The molecule has 0 bridgehead atoms. The molecule has 1 amide bonds. The number of amides is 1. The number of thioether (sulfide) groups is 1. The van der Waals surface area contributed by atoms with Crippen LogP contribution in [0.4, 0.5) is 10.8 Å². The van der Waals surface area contributed by atoms with E-state index in [0.29, 0.717) is 16.0 Å². The second-order valence-electron chi connectivity index (χ2n) is 7.12. The molecule has 0 aliphatic rings. The third kappa shape index (κ3) is 5.03. The molecule has 0 saturated heterocycles. The summed E-state index contributed by atoms with van der Waals surface area (Å²) in [5.41, 5.74) is 5.17. The average Bonchev–Trinajstić information content (AvgIpc) is 3.43. The lowest BCUT2D eigenvalue weighted by atomic mass is 10.1. The Morgan fingerprint density at radius 1 is 1.10 bits per heavy atom. The molecule has 2 aromatic heterocycles. The van der Waals surface area contributed by atoms with Gasteiger partial charge in [0.1, 0.15) is 0 Å². The summed E-state index contributed by atoms with van der Waals surface area (Å²) in [6, 6.07) is 16.2. The van der Waals surface area contributed by atoms with Gasteiger partial charge >= 0.3 is 0 Å². The van der Waals surface area contributed by atoms with Crippen LogP contribution < -0.4 is 4.90 Å². The minimum Gasteiger partial charge on any atom is -0.274 e. The van der Waals surface area contributed by atoms with E-state index in [4.69, 9.17) is 0 Å². The maximum atomic E-state index is 12.3. The SMILES string of the molecule is CCc1ccc(N(C(C)=O)c2nc(CSc3n[nH]c(-c4ccc(C)cc4)n3)cs2)cc1. The van der Waals surface area contributed by atoms with Crippen LogP contribution in [0.1, 0.15) is 30.7 Å². The summed E-state index contributed by atoms with van der Waals surface area (Å²) < 4.78 is 0. The van der Waals surface area contributed by atoms with Crippen LogP contribution in [0.5, 0.6) is 0 Å². The number of aryl methyl sites for hydroxylation is 2. The molecule has 31 heavy (non-hydrogen) atoms. The zero-order valence-corrected chi connectivity index (χ0v) is 19.3. The van der Waals surface area contributed by atoms with Crippen molar-refractivity contribution in [3.05, 3.63) is 70.7 Å². The summed E-state index contributed by atoms with van der Waals surface area (Å²) in [5.74, 6) is 1.32. The Bertz CT molecular complexity index is 1170. The lowest BCUT2D eigenvalue weighted by Crippen LogP contribution is -2.22. The number of nitrogens with zero attached hydrogens (tertiary/aromatic N) is 4. The van der Waals surface area contributed by atoms with Gasteiger partial charge in [-0.3, -0.25) is 14.8 Å². The lowest BCUT2D eigenvalue weighted by molar-refractivity contribution is -0.115. The first-order valence-corrected chi connectivity index (χ1v) is 11.9. The van der Waals surface area contributed by atoms with Crippen molar-refractivity contribution >= 4 is 39.8 Å². The molecule has 0 fully saturated rings. The van der Waals surface area contributed by atoms with E-state index in [1.54, 1.807) is 11.8 Å². The van der Waals surface area contributed by atoms with Crippen LogP contribution in [0.3, 0.4) is 0 Å². The Morgan fingerprint density at radius 2 is 1.84 bits per heavy atom. The van der Waals surface area contributed by atoms with Gasteiger partial charge in [0.2, 0.25) is 11.1 Å². The molecule has 158 valence electrons. The van der Waals surface area contributed by atoms with Crippen molar-refractivity contribution in [3.63, 3.8) is 0 Å². The molecule has 4 rings (SSSR count). The summed E-state index contributed by atoms with van der Waals surface area (Å²) in [7, 11) is 0. The first kappa shape index (κ1) is 21.3.